The van der Waals surface area contributed by atoms with Crippen LogP contribution in [-0.2, 0) is 16.1 Å². The summed E-state index contributed by atoms with van der Waals surface area (Å²) in [5, 5.41) is 2.77. The van der Waals surface area contributed by atoms with Crippen molar-refractivity contribution in [3.05, 3.63) is 59.2 Å². The highest BCUT2D eigenvalue weighted by atomic mass is 16.5. The van der Waals surface area contributed by atoms with Crippen molar-refractivity contribution >= 4 is 17.5 Å². The summed E-state index contributed by atoms with van der Waals surface area (Å²) in [6, 6.07) is 13.0. The quantitative estimate of drug-likeness (QED) is 0.896. The molecule has 0 spiro atoms. The van der Waals surface area contributed by atoms with Gasteiger partial charge in [-0.05, 0) is 44.5 Å². The fourth-order valence-electron chi connectivity index (χ4n) is 3.19. The lowest BCUT2D eigenvalue weighted by atomic mass is 10.1. The summed E-state index contributed by atoms with van der Waals surface area (Å²) in [7, 11) is 0. The van der Waals surface area contributed by atoms with Crippen LogP contribution < -0.4 is 15.0 Å². The molecular weight excluding hydrogens is 328 g/mol. The van der Waals surface area contributed by atoms with E-state index in [9.17, 15) is 9.59 Å². The van der Waals surface area contributed by atoms with Crippen LogP contribution in [0.4, 0.5) is 5.69 Å². The number of anilines is 1. The smallest absolute Gasteiger partial charge is 0.254 e. The number of hydrogen-bond acceptors (Lipinski definition) is 3. The molecule has 0 aliphatic carbocycles. The number of carbonyl (C=O) groups is 2. The SMILES string of the molecule is CC(=O)N[C@H]1C(=O)N(Cc2ccc(OC(C)C)cc2)c2ccc(C)cc21. The number of benzene rings is 2. The van der Waals surface area contributed by atoms with Crippen LogP contribution in [0.5, 0.6) is 5.75 Å². The van der Waals surface area contributed by atoms with Crippen molar-refractivity contribution in [3.63, 3.8) is 0 Å². The lowest BCUT2D eigenvalue weighted by Crippen LogP contribution is -2.36. The largest absolute Gasteiger partial charge is 0.491 e. The van der Waals surface area contributed by atoms with E-state index in [0.717, 1.165) is 28.1 Å². The maximum atomic E-state index is 12.9. The first-order valence-corrected chi connectivity index (χ1v) is 8.80. The fraction of sp³-hybridized carbons (Fsp3) is 0.333. The van der Waals surface area contributed by atoms with Crippen LogP contribution in [0.2, 0.25) is 0 Å². The van der Waals surface area contributed by atoms with Crippen LogP contribution in [0, 0.1) is 6.92 Å². The molecule has 2 aromatic carbocycles. The number of rotatable bonds is 5. The van der Waals surface area contributed by atoms with Crippen molar-refractivity contribution < 1.29 is 14.3 Å². The molecule has 2 aromatic rings. The molecule has 1 heterocycles. The lowest BCUT2D eigenvalue weighted by Gasteiger charge is -2.19. The Bertz CT molecular complexity index is 828. The van der Waals surface area contributed by atoms with Crippen molar-refractivity contribution in [2.45, 2.75) is 46.4 Å². The third-order valence-electron chi connectivity index (χ3n) is 4.28. The Balaban J connectivity index is 1.86. The van der Waals surface area contributed by atoms with Crippen molar-refractivity contribution in [1.29, 1.82) is 0 Å². The maximum absolute atomic E-state index is 12.9. The van der Waals surface area contributed by atoms with E-state index in [-0.39, 0.29) is 17.9 Å². The van der Waals surface area contributed by atoms with Crippen molar-refractivity contribution in [1.82, 2.24) is 5.32 Å². The Morgan fingerprint density at radius 3 is 2.50 bits per heavy atom. The molecule has 26 heavy (non-hydrogen) atoms. The van der Waals surface area contributed by atoms with E-state index < -0.39 is 6.04 Å². The number of amides is 2. The third-order valence-corrected chi connectivity index (χ3v) is 4.28. The summed E-state index contributed by atoms with van der Waals surface area (Å²) in [4.78, 5) is 26.2. The highest BCUT2D eigenvalue weighted by Gasteiger charge is 2.37. The minimum absolute atomic E-state index is 0.108. The standard InChI is InChI=1S/C21H24N2O3/c1-13(2)26-17-8-6-16(7-9-17)12-23-19-10-5-14(3)11-18(19)20(21(23)25)22-15(4)24/h5-11,13,20H,12H2,1-4H3,(H,22,24)/t20-/m1/s1. The van der Waals surface area contributed by atoms with Crippen LogP contribution in [0.1, 0.15) is 43.5 Å². The molecule has 1 aliphatic heterocycles. The molecule has 136 valence electrons. The predicted octanol–water partition coefficient (Wildman–Crippen LogP) is 3.51. The number of carbonyl (C=O) groups excluding carboxylic acids is 2. The summed E-state index contributed by atoms with van der Waals surface area (Å²) in [6.45, 7) is 7.83. The highest BCUT2D eigenvalue weighted by molar-refractivity contribution is 6.06. The second kappa shape index (κ2) is 7.20. The first kappa shape index (κ1) is 18.0. The van der Waals surface area contributed by atoms with Gasteiger partial charge in [-0.2, -0.15) is 0 Å². The molecule has 0 saturated carbocycles. The van der Waals surface area contributed by atoms with Crippen LogP contribution in [-0.4, -0.2) is 17.9 Å². The Morgan fingerprint density at radius 1 is 1.19 bits per heavy atom. The first-order valence-electron chi connectivity index (χ1n) is 8.80. The summed E-state index contributed by atoms with van der Waals surface area (Å²) in [5.41, 5.74) is 3.76. The van der Waals surface area contributed by atoms with Gasteiger partial charge in [-0.3, -0.25) is 9.59 Å². The molecule has 5 heteroatoms. The number of aryl methyl sites for hydroxylation is 1. The average Bonchev–Trinajstić information content (AvgIpc) is 2.81. The van der Waals surface area contributed by atoms with Gasteiger partial charge in [0, 0.05) is 18.2 Å². The number of ether oxygens (including phenoxy) is 1. The van der Waals surface area contributed by atoms with Gasteiger partial charge in [-0.15, -0.1) is 0 Å². The normalized spacial score (nSPS) is 16.0. The minimum atomic E-state index is -0.619. The van der Waals surface area contributed by atoms with E-state index in [1.165, 1.54) is 6.92 Å². The maximum Gasteiger partial charge on any atom is 0.254 e. The molecule has 0 bridgehead atoms. The minimum Gasteiger partial charge on any atom is -0.491 e. The molecule has 0 radical (unpaired) electrons. The van der Waals surface area contributed by atoms with Gasteiger partial charge in [0.25, 0.3) is 5.91 Å². The van der Waals surface area contributed by atoms with E-state index in [1.807, 2.05) is 63.2 Å². The van der Waals surface area contributed by atoms with E-state index >= 15 is 0 Å². The molecule has 2 amide bonds. The average molecular weight is 352 g/mol. The molecule has 1 atom stereocenters. The molecule has 0 saturated heterocycles. The highest BCUT2D eigenvalue weighted by Crippen LogP contribution is 2.37. The molecule has 0 unspecified atom stereocenters. The van der Waals surface area contributed by atoms with Crippen LogP contribution >= 0.6 is 0 Å². The molecule has 5 nitrogen and oxygen atoms in total. The fourth-order valence-corrected chi connectivity index (χ4v) is 3.19. The van der Waals surface area contributed by atoms with E-state index in [4.69, 9.17) is 4.74 Å². The van der Waals surface area contributed by atoms with E-state index in [2.05, 4.69) is 5.32 Å². The summed E-state index contributed by atoms with van der Waals surface area (Å²) >= 11 is 0. The monoisotopic (exact) mass is 352 g/mol. The van der Waals surface area contributed by atoms with Gasteiger partial charge in [-0.25, -0.2) is 0 Å². The molecule has 0 aromatic heterocycles. The van der Waals surface area contributed by atoms with Crippen LogP contribution in [0.15, 0.2) is 42.5 Å². The van der Waals surface area contributed by atoms with Gasteiger partial charge < -0.3 is 15.0 Å². The van der Waals surface area contributed by atoms with Gasteiger partial charge >= 0.3 is 0 Å². The van der Waals surface area contributed by atoms with Gasteiger partial charge in [0.05, 0.1) is 12.6 Å². The Kier molecular flexibility index (Phi) is 4.98. The van der Waals surface area contributed by atoms with Crippen LogP contribution in [0.25, 0.3) is 0 Å². The molecule has 1 N–H and O–H groups in total. The predicted molar refractivity (Wildman–Crippen MR) is 101 cm³/mol. The molecule has 1 aliphatic rings. The first-order chi connectivity index (χ1) is 12.3. The summed E-state index contributed by atoms with van der Waals surface area (Å²) in [5.74, 6) is 0.486. The van der Waals surface area contributed by atoms with Gasteiger partial charge in [0.15, 0.2) is 0 Å². The molecule has 0 fully saturated rings. The van der Waals surface area contributed by atoms with E-state index in [0.29, 0.717) is 6.54 Å². The lowest BCUT2D eigenvalue weighted by molar-refractivity contribution is -0.126. The van der Waals surface area contributed by atoms with E-state index in [1.54, 1.807) is 4.90 Å². The zero-order valence-electron chi connectivity index (χ0n) is 15.6. The van der Waals surface area contributed by atoms with Crippen molar-refractivity contribution in [3.8, 4) is 5.75 Å². The van der Waals surface area contributed by atoms with Gasteiger partial charge in [0.1, 0.15) is 11.8 Å². The summed E-state index contributed by atoms with van der Waals surface area (Å²) < 4.78 is 5.66. The number of hydrogen-bond donors (Lipinski definition) is 1. The zero-order valence-corrected chi connectivity index (χ0v) is 15.6. The number of fused-ring (bicyclic) bond motifs is 1. The second-order valence-electron chi connectivity index (χ2n) is 6.93. The van der Waals surface area contributed by atoms with Crippen molar-refractivity contribution in [2.24, 2.45) is 0 Å². The third kappa shape index (κ3) is 3.72. The van der Waals surface area contributed by atoms with Crippen LogP contribution in [0.3, 0.4) is 0 Å². The number of nitrogens with one attached hydrogen (secondary N) is 1. The Labute approximate surface area is 154 Å². The number of nitrogens with zero attached hydrogens (tertiary/aromatic N) is 1. The summed E-state index contributed by atoms with van der Waals surface area (Å²) in [6.07, 6.45) is 0.120. The second-order valence-corrected chi connectivity index (χ2v) is 6.93. The Hall–Kier alpha value is -2.82. The Morgan fingerprint density at radius 2 is 1.88 bits per heavy atom. The van der Waals surface area contributed by atoms with Gasteiger partial charge in [-0.1, -0.05) is 29.8 Å². The molecular formula is C21H24N2O3. The van der Waals surface area contributed by atoms with Crippen molar-refractivity contribution in [2.75, 3.05) is 4.90 Å². The van der Waals surface area contributed by atoms with Gasteiger partial charge in [0.2, 0.25) is 5.91 Å². The molecule has 3 rings (SSSR count). The zero-order chi connectivity index (χ0) is 18.8. The topological polar surface area (TPSA) is 58.6 Å².